The van der Waals surface area contributed by atoms with Crippen LogP contribution >= 0.6 is 11.8 Å². The van der Waals surface area contributed by atoms with Crippen LogP contribution in [0.1, 0.15) is 19.8 Å². The number of amides is 2. The van der Waals surface area contributed by atoms with Gasteiger partial charge in [-0.15, -0.1) is 0 Å². The first-order valence-electron chi connectivity index (χ1n) is 6.11. The minimum atomic E-state index is -0.295. The summed E-state index contributed by atoms with van der Waals surface area (Å²) in [5, 5.41) is 8.98. The molecule has 7 nitrogen and oxygen atoms in total. The molecule has 1 aliphatic heterocycles. The Hall–Kier alpha value is -2.09. The molecule has 0 bridgehead atoms. The zero-order valence-corrected chi connectivity index (χ0v) is 11.8. The number of allylic oxidation sites excluding steroid dienone is 2. The van der Waals surface area contributed by atoms with E-state index in [9.17, 15) is 9.59 Å². The van der Waals surface area contributed by atoms with E-state index in [1.54, 1.807) is 12.3 Å². The molecule has 0 radical (unpaired) electrons. The molecule has 0 saturated heterocycles. The average molecular weight is 295 g/mol. The lowest BCUT2D eigenvalue weighted by Gasteiger charge is -2.20. The van der Waals surface area contributed by atoms with Gasteiger partial charge in [-0.1, -0.05) is 11.8 Å². The molecule has 2 amide bonds. The fourth-order valence-electron chi connectivity index (χ4n) is 1.92. The summed E-state index contributed by atoms with van der Waals surface area (Å²) in [6, 6.07) is 0. The maximum atomic E-state index is 12.3. The maximum absolute atomic E-state index is 12.3. The van der Waals surface area contributed by atoms with E-state index in [-0.39, 0.29) is 17.3 Å². The van der Waals surface area contributed by atoms with Crippen molar-refractivity contribution in [1.82, 2.24) is 16.0 Å². The minimum absolute atomic E-state index is 0.240. The molecule has 1 aliphatic carbocycles. The number of thioether (sulfide) groups is 1. The van der Waals surface area contributed by atoms with E-state index in [1.807, 2.05) is 0 Å². The molecule has 0 spiro atoms. The van der Waals surface area contributed by atoms with Crippen molar-refractivity contribution in [1.29, 1.82) is 0 Å². The maximum Gasteiger partial charge on any atom is 0.251 e. The zero-order chi connectivity index (χ0) is 14.7. The van der Waals surface area contributed by atoms with Crippen LogP contribution < -0.4 is 27.4 Å². The SMILES string of the molecule is CC(=O)NC1=C(C(=O)NC2NC=C(N)S2)CCC(N)=C1. The van der Waals surface area contributed by atoms with E-state index < -0.39 is 0 Å². The number of carbonyl (C=O) groups is 2. The van der Waals surface area contributed by atoms with Crippen molar-refractivity contribution in [2.24, 2.45) is 11.5 Å². The van der Waals surface area contributed by atoms with E-state index in [2.05, 4.69) is 16.0 Å². The molecule has 1 heterocycles. The quantitative estimate of drug-likeness (QED) is 0.479. The first-order valence-corrected chi connectivity index (χ1v) is 6.99. The molecule has 0 aromatic heterocycles. The first kappa shape index (κ1) is 14.3. The molecule has 2 rings (SSSR count). The van der Waals surface area contributed by atoms with Crippen molar-refractivity contribution in [2.75, 3.05) is 0 Å². The topological polar surface area (TPSA) is 122 Å². The van der Waals surface area contributed by atoms with Gasteiger partial charge in [-0.25, -0.2) is 0 Å². The number of carbonyl (C=O) groups excluding carboxylic acids is 2. The van der Waals surface area contributed by atoms with Crippen molar-refractivity contribution < 1.29 is 9.59 Å². The molecule has 0 aromatic carbocycles. The molecule has 0 fully saturated rings. The Bertz CT molecular complexity index is 538. The van der Waals surface area contributed by atoms with E-state index in [1.165, 1.54) is 18.7 Å². The number of rotatable bonds is 3. The van der Waals surface area contributed by atoms with E-state index in [0.29, 0.717) is 34.8 Å². The summed E-state index contributed by atoms with van der Waals surface area (Å²) in [5.41, 5.74) is 12.7. The van der Waals surface area contributed by atoms with Crippen LogP contribution in [0.2, 0.25) is 0 Å². The van der Waals surface area contributed by atoms with Gasteiger partial charge in [0.05, 0.1) is 10.7 Å². The Morgan fingerprint density at radius 3 is 2.75 bits per heavy atom. The highest BCUT2D eigenvalue weighted by Gasteiger charge is 2.23. The standard InChI is InChI=1S/C12H17N5O2S/c1-6(18)16-9-4-7(13)2-3-8(9)11(19)17-12-15-5-10(14)20-12/h4-5,12,15H,2-3,13-14H2,1H3,(H,16,18)(H,17,19). The van der Waals surface area contributed by atoms with Crippen LogP contribution in [0.3, 0.4) is 0 Å². The number of hydrogen-bond donors (Lipinski definition) is 5. The average Bonchev–Trinajstić information content (AvgIpc) is 2.73. The summed E-state index contributed by atoms with van der Waals surface area (Å²) in [7, 11) is 0. The summed E-state index contributed by atoms with van der Waals surface area (Å²) in [6.45, 7) is 1.39. The largest absolute Gasteiger partial charge is 0.402 e. The van der Waals surface area contributed by atoms with Gasteiger partial charge in [0.15, 0.2) is 5.50 Å². The second kappa shape index (κ2) is 5.91. The van der Waals surface area contributed by atoms with Gasteiger partial charge in [0, 0.05) is 24.4 Å². The molecule has 108 valence electrons. The summed E-state index contributed by atoms with van der Waals surface area (Å²) in [4.78, 5) is 23.4. The van der Waals surface area contributed by atoms with Gasteiger partial charge < -0.3 is 27.4 Å². The molecule has 8 heteroatoms. The molecular weight excluding hydrogens is 278 g/mol. The fourth-order valence-corrected chi connectivity index (χ4v) is 2.64. The Balaban J connectivity index is 2.10. The lowest BCUT2D eigenvalue weighted by atomic mass is 9.99. The van der Waals surface area contributed by atoms with Gasteiger partial charge in [0.25, 0.3) is 5.91 Å². The third-order valence-corrected chi connectivity index (χ3v) is 3.68. The Morgan fingerprint density at radius 1 is 1.40 bits per heavy atom. The van der Waals surface area contributed by atoms with Gasteiger partial charge in [-0.05, 0) is 18.9 Å². The normalized spacial score (nSPS) is 21.8. The van der Waals surface area contributed by atoms with Crippen molar-refractivity contribution >= 4 is 23.6 Å². The van der Waals surface area contributed by atoms with Crippen LogP contribution in [-0.4, -0.2) is 17.3 Å². The minimum Gasteiger partial charge on any atom is -0.402 e. The highest BCUT2D eigenvalue weighted by Crippen LogP contribution is 2.23. The van der Waals surface area contributed by atoms with E-state index >= 15 is 0 Å². The molecule has 1 unspecified atom stereocenters. The van der Waals surface area contributed by atoms with Gasteiger partial charge in [-0.3, -0.25) is 9.59 Å². The van der Waals surface area contributed by atoms with Gasteiger partial charge >= 0.3 is 0 Å². The van der Waals surface area contributed by atoms with Crippen LogP contribution in [0.25, 0.3) is 0 Å². The number of nitrogens with one attached hydrogen (secondary N) is 3. The third-order valence-electron chi connectivity index (χ3n) is 2.80. The molecule has 2 aliphatic rings. The van der Waals surface area contributed by atoms with E-state index in [0.717, 1.165) is 0 Å². The molecule has 0 saturated carbocycles. The van der Waals surface area contributed by atoms with Gasteiger partial charge in [0.1, 0.15) is 0 Å². The predicted octanol–water partition coefficient (Wildman–Crippen LogP) is -0.493. The molecule has 0 aromatic rings. The molecule has 1 atom stereocenters. The summed E-state index contributed by atoms with van der Waals surface area (Å²) in [6.07, 6.45) is 4.35. The second-order valence-corrected chi connectivity index (χ2v) is 5.66. The lowest BCUT2D eigenvalue weighted by molar-refractivity contribution is -0.118. The van der Waals surface area contributed by atoms with Crippen LogP contribution in [0.5, 0.6) is 0 Å². The van der Waals surface area contributed by atoms with Gasteiger partial charge in [-0.2, -0.15) is 0 Å². The Labute approximate surface area is 120 Å². The second-order valence-electron chi connectivity index (χ2n) is 4.48. The number of hydrogen-bond acceptors (Lipinski definition) is 6. The third kappa shape index (κ3) is 3.47. The Kier molecular flexibility index (Phi) is 4.23. The fraction of sp³-hybridized carbons (Fsp3) is 0.333. The van der Waals surface area contributed by atoms with Crippen LogP contribution in [-0.2, 0) is 9.59 Å². The smallest absolute Gasteiger partial charge is 0.251 e. The van der Waals surface area contributed by atoms with Gasteiger partial charge in [0.2, 0.25) is 5.91 Å². The van der Waals surface area contributed by atoms with Crippen molar-refractivity contribution in [2.45, 2.75) is 25.3 Å². The monoisotopic (exact) mass is 295 g/mol. The highest BCUT2D eigenvalue weighted by molar-refractivity contribution is 8.03. The van der Waals surface area contributed by atoms with Crippen LogP contribution in [0, 0.1) is 0 Å². The molecular formula is C12H17N5O2S. The summed E-state index contributed by atoms with van der Waals surface area (Å²) in [5.74, 6) is -0.485. The van der Waals surface area contributed by atoms with E-state index in [4.69, 9.17) is 11.5 Å². The molecule has 20 heavy (non-hydrogen) atoms. The molecule has 7 N–H and O–H groups in total. The first-order chi connectivity index (χ1) is 9.45. The van der Waals surface area contributed by atoms with Crippen LogP contribution in [0.4, 0.5) is 0 Å². The van der Waals surface area contributed by atoms with Crippen molar-refractivity contribution in [3.8, 4) is 0 Å². The summed E-state index contributed by atoms with van der Waals surface area (Å²) < 4.78 is 0. The highest BCUT2D eigenvalue weighted by atomic mass is 32.2. The van der Waals surface area contributed by atoms with Crippen LogP contribution in [0.15, 0.2) is 34.3 Å². The zero-order valence-electron chi connectivity index (χ0n) is 11.0. The lowest BCUT2D eigenvalue weighted by Crippen LogP contribution is -2.41. The number of nitrogens with two attached hydrogens (primary N) is 2. The Morgan fingerprint density at radius 2 is 2.15 bits per heavy atom. The van der Waals surface area contributed by atoms with Crippen molar-refractivity contribution in [3.63, 3.8) is 0 Å². The predicted molar refractivity (Wildman–Crippen MR) is 77.3 cm³/mol. The van der Waals surface area contributed by atoms with Crippen molar-refractivity contribution in [3.05, 3.63) is 34.3 Å². The summed E-state index contributed by atoms with van der Waals surface area (Å²) >= 11 is 1.32.